The first-order valence-corrected chi connectivity index (χ1v) is 8.14. The van der Waals surface area contributed by atoms with Crippen LogP contribution in [0.2, 0.25) is 5.02 Å². The summed E-state index contributed by atoms with van der Waals surface area (Å²) in [7, 11) is 0. The van der Waals surface area contributed by atoms with Crippen molar-refractivity contribution in [1.82, 2.24) is 10.3 Å². The Labute approximate surface area is 127 Å². The molecule has 1 aliphatic carbocycles. The van der Waals surface area contributed by atoms with Crippen molar-refractivity contribution in [2.75, 3.05) is 18.0 Å². The van der Waals surface area contributed by atoms with E-state index < -0.39 is 0 Å². The fourth-order valence-corrected chi connectivity index (χ4v) is 2.38. The van der Waals surface area contributed by atoms with Gasteiger partial charge in [0.2, 0.25) is 0 Å². The number of halogens is 1. The van der Waals surface area contributed by atoms with Gasteiger partial charge in [-0.05, 0) is 37.3 Å². The summed E-state index contributed by atoms with van der Waals surface area (Å²) >= 11 is 6.26. The molecule has 1 aromatic rings. The van der Waals surface area contributed by atoms with Gasteiger partial charge in [0.1, 0.15) is 5.82 Å². The summed E-state index contributed by atoms with van der Waals surface area (Å²) in [4.78, 5) is 6.84. The van der Waals surface area contributed by atoms with E-state index in [1.54, 1.807) is 6.20 Å². The van der Waals surface area contributed by atoms with E-state index in [2.05, 4.69) is 42.0 Å². The van der Waals surface area contributed by atoms with Crippen molar-refractivity contribution in [3.63, 3.8) is 0 Å². The summed E-state index contributed by atoms with van der Waals surface area (Å²) in [5.41, 5.74) is 1.16. The van der Waals surface area contributed by atoms with Crippen LogP contribution < -0.4 is 10.2 Å². The minimum absolute atomic E-state index is 0.681. The Hall–Kier alpha value is -0.800. The highest BCUT2D eigenvalue weighted by molar-refractivity contribution is 6.31. The van der Waals surface area contributed by atoms with Crippen molar-refractivity contribution in [1.29, 1.82) is 0 Å². The largest absolute Gasteiger partial charge is 0.357 e. The summed E-state index contributed by atoms with van der Waals surface area (Å²) in [6.07, 6.45) is 5.58. The molecular weight excluding hydrogens is 270 g/mol. The van der Waals surface area contributed by atoms with Gasteiger partial charge in [-0.15, -0.1) is 0 Å². The summed E-state index contributed by atoms with van der Waals surface area (Å²) in [5.74, 6) is 1.73. The van der Waals surface area contributed by atoms with Crippen LogP contribution in [0, 0.1) is 5.92 Å². The summed E-state index contributed by atoms with van der Waals surface area (Å²) in [6, 6.07) is 2.84. The van der Waals surface area contributed by atoms with Gasteiger partial charge < -0.3 is 10.2 Å². The van der Waals surface area contributed by atoms with Gasteiger partial charge in [0.05, 0.1) is 5.02 Å². The van der Waals surface area contributed by atoms with E-state index in [1.807, 2.05) is 0 Å². The quantitative estimate of drug-likeness (QED) is 0.789. The fraction of sp³-hybridized carbons (Fsp3) is 0.688. The Morgan fingerprint density at radius 3 is 2.80 bits per heavy atom. The standard InChI is InChI=1S/C16H26ClN3/c1-4-12(3)11-20(5-2)16-8-13(15(17)10-19-16)9-18-14-6-7-14/h8,10,12,14,18H,4-7,9,11H2,1-3H3. The summed E-state index contributed by atoms with van der Waals surface area (Å²) < 4.78 is 0. The molecular formula is C16H26ClN3. The van der Waals surface area contributed by atoms with Gasteiger partial charge in [-0.25, -0.2) is 4.98 Å². The molecule has 4 heteroatoms. The Balaban J connectivity index is 2.06. The predicted octanol–water partition coefficient (Wildman–Crippen LogP) is 3.86. The molecule has 1 N–H and O–H groups in total. The average molecular weight is 296 g/mol. The lowest BCUT2D eigenvalue weighted by atomic mass is 10.1. The van der Waals surface area contributed by atoms with Crippen LogP contribution in [0.5, 0.6) is 0 Å². The van der Waals surface area contributed by atoms with Crippen LogP contribution in [0.25, 0.3) is 0 Å². The molecule has 112 valence electrons. The van der Waals surface area contributed by atoms with Gasteiger partial charge in [-0.1, -0.05) is 31.9 Å². The molecule has 1 saturated carbocycles. The first kappa shape index (κ1) is 15.6. The van der Waals surface area contributed by atoms with Gasteiger partial charge in [0.15, 0.2) is 0 Å². The van der Waals surface area contributed by atoms with Gasteiger partial charge in [0.25, 0.3) is 0 Å². The molecule has 20 heavy (non-hydrogen) atoms. The molecule has 1 aromatic heterocycles. The Bertz CT molecular complexity index is 432. The molecule has 0 bridgehead atoms. The molecule has 0 amide bonds. The van der Waals surface area contributed by atoms with E-state index >= 15 is 0 Å². The molecule has 1 aliphatic rings. The Morgan fingerprint density at radius 1 is 1.45 bits per heavy atom. The van der Waals surface area contributed by atoms with E-state index in [1.165, 1.54) is 19.3 Å². The minimum Gasteiger partial charge on any atom is -0.357 e. The van der Waals surface area contributed by atoms with Crippen LogP contribution in [-0.4, -0.2) is 24.1 Å². The zero-order valence-electron chi connectivity index (χ0n) is 12.8. The van der Waals surface area contributed by atoms with Crippen LogP contribution >= 0.6 is 11.6 Å². The van der Waals surface area contributed by atoms with E-state index in [9.17, 15) is 0 Å². The van der Waals surface area contributed by atoms with Gasteiger partial charge >= 0.3 is 0 Å². The van der Waals surface area contributed by atoms with Crippen LogP contribution in [0.15, 0.2) is 12.3 Å². The summed E-state index contributed by atoms with van der Waals surface area (Å²) in [6.45, 7) is 9.58. The summed E-state index contributed by atoms with van der Waals surface area (Å²) in [5, 5.41) is 4.28. The maximum absolute atomic E-state index is 6.26. The number of rotatable bonds is 8. The zero-order chi connectivity index (χ0) is 14.5. The van der Waals surface area contributed by atoms with Crippen molar-refractivity contribution in [3.8, 4) is 0 Å². The first-order chi connectivity index (χ1) is 9.63. The predicted molar refractivity (Wildman–Crippen MR) is 86.5 cm³/mol. The number of aromatic nitrogens is 1. The molecule has 1 atom stereocenters. The zero-order valence-corrected chi connectivity index (χ0v) is 13.6. The highest BCUT2D eigenvalue weighted by atomic mass is 35.5. The molecule has 0 aromatic carbocycles. The van der Waals surface area contributed by atoms with Crippen molar-refractivity contribution in [2.24, 2.45) is 5.92 Å². The topological polar surface area (TPSA) is 28.2 Å². The molecule has 3 nitrogen and oxygen atoms in total. The van der Waals surface area contributed by atoms with Crippen molar-refractivity contribution in [3.05, 3.63) is 22.8 Å². The van der Waals surface area contributed by atoms with Gasteiger partial charge in [0, 0.05) is 31.9 Å². The Kier molecular flexibility index (Phi) is 5.67. The van der Waals surface area contributed by atoms with Gasteiger partial charge in [-0.3, -0.25) is 0 Å². The van der Waals surface area contributed by atoms with Crippen LogP contribution in [0.1, 0.15) is 45.6 Å². The van der Waals surface area contributed by atoms with E-state index in [0.29, 0.717) is 12.0 Å². The second-order valence-corrected chi connectivity index (χ2v) is 6.25. The maximum Gasteiger partial charge on any atom is 0.128 e. The second kappa shape index (κ2) is 7.28. The smallest absolute Gasteiger partial charge is 0.128 e. The lowest BCUT2D eigenvalue weighted by Gasteiger charge is -2.25. The highest BCUT2D eigenvalue weighted by Gasteiger charge is 2.20. The number of pyridine rings is 1. The number of nitrogens with one attached hydrogen (secondary N) is 1. The number of nitrogens with zero attached hydrogens (tertiary/aromatic N) is 2. The van der Waals surface area contributed by atoms with Crippen molar-refractivity contribution < 1.29 is 0 Å². The Morgan fingerprint density at radius 2 is 2.20 bits per heavy atom. The minimum atomic E-state index is 0.681. The van der Waals surface area contributed by atoms with E-state index in [-0.39, 0.29) is 0 Å². The second-order valence-electron chi connectivity index (χ2n) is 5.84. The maximum atomic E-state index is 6.26. The average Bonchev–Trinajstić information content (AvgIpc) is 3.28. The molecule has 0 spiro atoms. The normalized spacial score (nSPS) is 16.2. The highest BCUT2D eigenvalue weighted by Crippen LogP contribution is 2.24. The monoisotopic (exact) mass is 295 g/mol. The molecule has 0 saturated heterocycles. The number of hydrogen-bond donors (Lipinski definition) is 1. The third kappa shape index (κ3) is 4.35. The van der Waals surface area contributed by atoms with E-state index in [0.717, 1.165) is 36.0 Å². The van der Waals surface area contributed by atoms with Crippen molar-refractivity contribution >= 4 is 17.4 Å². The molecule has 2 rings (SSSR count). The lowest BCUT2D eigenvalue weighted by molar-refractivity contribution is 0.545. The van der Waals surface area contributed by atoms with Crippen LogP contribution in [-0.2, 0) is 6.54 Å². The fourth-order valence-electron chi connectivity index (χ4n) is 2.21. The lowest BCUT2D eigenvalue weighted by Crippen LogP contribution is -2.29. The molecule has 0 aliphatic heterocycles. The third-order valence-corrected chi connectivity index (χ3v) is 4.35. The van der Waals surface area contributed by atoms with Crippen molar-refractivity contribution in [2.45, 2.75) is 52.6 Å². The SMILES string of the molecule is CCC(C)CN(CC)c1cc(CNC2CC2)c(Cl)cn1. The van der Waals surface area contributed by atoms with Gasteiger partial charge in [-0.2, -0.15) is 0 Å². The molecule has 1 heterocycles. The molecule has 0 radical (unpaired) electrons. The third-order valence-electron chi connectivity index (χ3n) is 4.01. The molecule has 1 unspecified atom stereocenters. The van der Waals surface area contributed by atoms with Crippen LogP contribution in [0.4, 0.5) is 5.82 Å². The first-order valence-electron chi connectivity index (χ1n) is 7.76. The molecule has 1 fully saturated rings. The number of hydrogen-bond acceptors (Lipinski definition) is 3. The van der Waals surface area contributed by atoms with Crippen LogP contribution in [0.3, 0.4) is 0 Å². The number of anilines is 1. The van der Waals surface area contributed by atoms with E-state index in [4.69, 9.17) is 11.6 Å².